The van der Waals surface area contributed by atoms with Crippen LogP contribution in [0.3, 0.4) is 0 Å². The number of halogens is 1. The number of ether oxygens (including phenoxy) is 2. The molecule has 3 rings (SSSR count). The van der Waals surface area contributed by atoms with Gasteiger partial charge in [0.1, 0.15) is 36.1 Å². The van der Waals surface area contributed by atoms with Crippen molar-refractivity contribution < 1.29 is 19.0 Å². The Morgan fingerprint density at radius 3 is 2.69 bits per heavy atom. The standard InChI is InChI=1S/C21H26FNO3/c1-15-4-2-5-18(14-15)26-20-7-3-6-19(21(20)24)23-12-13-25-17-10-8-16(22)9-11-17/h2,4-5,8-11,14,19-21,23-24H,3,6-7,12-13H2,1H3/t19-,20+,21+/m0/s1. The van der Waals surface area contributed by atoms with E-state index in [-0.39, 0.29) is 18.0 Å². The quantitative estimate of drug-likeness (QED) is 0.744. The lowest BCUT2D eigenvalue weighted by Gasteiger charge is -2.35. The Bertz CT molecular complexity index is 692. The number of benzene rings is 2. The van der Waals surface area contributed by atoms with Crippen molar-refractivity contribution in [3.63, 3.8) is 0 Å². The van der Waals surface area contributed by atoms with Gasteiger partial charge in [-0.2, -0.15) is 0 Å². The van der Waals surface area contributed by atoms with Crippen molar-refractivity contribution >= 4 is 0 Å². The summed E-state index contributed by atoms with van der Waals surface area (Å²) in [5.74, 6) is 1.16. The van der Waals surface area contributed by atoms with E-state index in [1.165, 1.54) is 12.1 Å². The number of aliphatic hydroxyl groups is 1. The van der Waals surface area contributed by atoms with Crippen LogP contribution in [0, 0.1) is 12.7 Å². The molecular weight excluding hydrogens is 333 g/mol. The lowest BCUT2D eigenvalue weighted by molar-refractivity contribution is -0.0158. The van der Waals surface area contributed by atoms with Crippen molar-refractivity contribution in [3.05, 3.63) is 59.9 Å². The molecule has 5 heteroatoms. The Morgan fingerprint density at radius 2 is 1.92 bits per heavy atom. The topological polar surface area (TPSA) is 50.7 Å². The third-order valence-electron chi connectivity index (χ3n) is 4.66. The average molecular weight is 359 g/mol. The van der Waals surface area contributed by atoms with E-state index in [9.17, 15) is 9.50 Å². The number of aryl methyl sites for hydroxylation is 1. The molecule has 2 aromatic carbocycles. The maximum Gasteiger partial charge on any atom is 0.126 e. The van der Waals surface area contributed by atoms with Gasteiger partial charge in [-0.25, -0.2) is 4.39 Å². The zero-order chi connectivity index (χ0) is 18.4. The van der Waals surface area contributed by atoms with E-state index in [1.807, 2.05) is 31.2 Å². The molecule has 0 amide bonds. The largest absolute Gasteiger partial charge is 0.492 e. The molecular formula is C21H26FNO3. The molecule has 3 atom stereocenters. The monoisotopic (exact) mass is 359 g/mol. The van der Waals surface area contributed by atoms with E-state index in [0.29, 0.717) is 18.9 Å². The van der Waals surface area contributed by atoms with Crippen LogP contribution in [0.1, 0.15) is 24.8 Å². The second-order valence-electron chi connectivity index (χ2n) is 6.76. The van der Waals surface area contributed by atoms with Gasteiger partial charge in [-0.05, 0) is 68.1 Å². The summed E-state index contributed by atoms with van der Waals surface area (Å²) < 4.78 is 24.5. The highest BCUT2D eigenvalue weighted by Gasteiger charge is 2.33. The summed E-state index contributed by atoms with van der Waals surface area (Å²) >= 11 is 0. The zero-order valence-electron chi connectivity index (χ0n) is 15.0. The van der Waals surface area contributed by atoms with Gasteiger partial charge in [-0.15, -0.1) is 0 Å². The fraction of sp³-hybridized carbons (Fsp3) is 0.429. The molecule has 0 aromatic heterocycles. The van der Waals surface area contributed by atoms with Crippen LogP contribution in [0.5, 0.6) is 11.5 Å². The fourth-order valence-electron chi connectivity index (χ4n) is 3.30. The van der Waals surface area contributed by atoms with E-state index >= 15 is 0 Å². The predicted octanol–water partition coefficient (Wildman–Crippen LogP) is 3.46. The Labute approximate surface area is 154 Å². The van der Waals surface area contributed by atoms with Gasteiger partial charge in [0.15, 0.2) is 0 Å². The third kappa shape index (κ3) is 5.19. The van der Waals surface area contributed by atoms with E-state index in [0.717, 1.165) is 30.6 Å². The highest BCUT2D eigenvalue weighted by Crippen LogP contribution is 2.25. The first-order valence-corrected chi connectivity index (χ1v) is 9.15. The smallest absolute Gasteiger partial charge is 0.126 e. The lowest BCUT2D eigenvalue weighted by atomic mass is 9.90. The van der Waals surface area contributed by atoms with Gasteiger partial charge < -0.3 is 19.9 Å². The highest BCUT2D eigenvalue weighted by molar-refractivity contribution is 5.27. The fourth-order valence-corrected chi connectivity index (χ4v) is 3.30. The number of hydrogen-bond donors (Lipinski definition) is 2. The number of rotatable bonds is 7. The van der Waals surface area contributed by atoms with Gasteiger partial charge in [0.2, 0.25) is 0 Å². The first-order chi connectivity index (χ1) is 12.6. The van der Waals surface area contributed by atoms with E-state index < -0.39 is 6.10 Å². The Morgan fingerprint density at radius 1 is 1.12 bits per heavy atom. The van der Waals surface area contributed by atoms with Crippen LogP contribution in [0.15, 0.2) is 48.5 Å². The number of aliphatic hydroxyl groups excluding tert-OH is 1. The zero-order valence-corrected chi connectivity index (χ0v) is 15.0. The maximum atomic E-state index is 12.9. The molecule has 0 bridgehead atoms. The number of nitrogens with one attached hydrogen (secondary N) is 1. The van der Waals surface area contributed by atoms with Gasteiger partial charge in [-0.3, -0.25) is 0 Å². The van der Waals surface area contributed by atoms with Crippen molar-refractivity contribution in [1.29, 1.82) is 0 Å². The average Bonchev–Trinajstić information content (AvgIpc) is 2.63. The van der Waals surface area contributed by atoms with Crippen molar-refractivity contribution in [2.45, 2.75) is 44.4 Å². The maximum absolute atomic E-state index is 12.9. The molecule has 1 fully saturated rings. The van der Waals surface area contributed by atoms with Crippen molar-refractivity contribution in [2.75, 3.05) is 13.2 Å². The number of hydrogen-bond acceptors (Lipinski definition) is 4. The van der Waals surface area contributed by atoms with Crippen LogP contribution in [0.25, 0.3) is 0 Å². The van der Waals surface area contributed by atoms with Crippen LogP contribution in [-0.4, -0.2) is 36.5 Å². The van der Waals surface area contributed by atoms with E-state index in [4.69, 9.17) is 9.47 Å². The van der Waals surface area contributed by atoms with Crippen LogP contribution in [-0.2, 0) is 0 Å². The lowest BCUT2D eigenvalue weighted by Crippen LogP contribution is -2.51. The van der Waals surface area contributed by atoms with Crippen molar-refractivity contribution in [3.8, 4) is 11.5 Å². The Balaban J connectivity index is 1.45. The minimum Gasteiger partial charge on any atom is -0.492 e. The van der Waals surface area contributed by atoms with Crippen molar-refractivity contribution in [1.82, 2.24) is 5.32 Å². The molecule has 2 N–H and O–H groups in total. The van der Waals surface area contributed by atoms with Gasteiger partial charge in [0.25, 0.3) is 0 Å². The minimum absolute atomic E-state index is 0.0182. The molecule has 1 aliphatic carbocycles. The summed E-state index contributed by atoms with van der Waals surface area (Å²) in [6.45, 7) is 3.09. The third-order valence-corrected chi connectivity index (χ3v) is 4.66. The van der Waals surface area contributed by atoms with Crippen LogP contribution < -0.4 is 14.8 Å². The highest BCUT2D eigenvalue weighted by atomic mass is 19.1. The summed E-state index contributed by atoms with van der Waals surface area (Å²) in [5, 5.41) is 14.0. The van der Waals surface area contributed by atoms with Crippen LogP contribution in [0.4, 0.5) is 4.39 Å². The second kappa shape index (κ2) is 9.01. The molecule has 2 aromatic rings. The van der Waals surface area contributed by atoms with Crippen LogP contribution >= 0.6 is 0 Å². The van der Waals surface area contributed by atoms with Gasteiger partial charge in [-0.1, -0.05) is 12.1 Å². The Kier molecular flexibility index (Phi) is 6.47. The van der Waals surface area contributed by atoms with Crippen LogP contribution in [0.2, 0.25) is 0 Å². The summed E-state index contributed by atoms with van der Waals surface area (Å²) in [4.78, 5) is 0. The predicted molar refractivity (Wildman–Crippen MR) is 99.1 cm³/mol. The minimum atomic E-state index is -0.560. The van der Waals surface area contributed by atoms with Gasteiger partial charge in [0.05, 0.1) is 0 Å². The molecule has 0 spiro atoms. The van der Waals surface area contributed by atoms with Gasteiger partial charge >= 0.3 is 0 Å². The Hall–Kier alpha value is -2.11. The summed E-state index contributed by atoms with van der Waals surface area (Å²) in [7, 11) is 0. The molecule has 0 unspecified atom stereocenters. The van der Waals surface area contributed by atoms with E-state index in [2.05, 4.69) is 5.32 Å². The summed E-state index contributed by atoms with van der Waals surface area (Å²) in [5.41, 5.74) is 1.14. The summed E-state index contributed by atoms with van der Waals surface area (Å²) in [6.07, 6.45) is 1.99. The molecule has 0 heterocycles. The second-order valence-corrected chi connectivity index (χ2v) is 6.76. The van der Waals surface area contributed by atoms with Crippen molar-refractivity contribution in [2.24, 2.45) is 0 Å². The molecule has 0 aliphatic heterocycles. The molecule has 0 radical (unpaired) electrons. The molecule has 1 saturated carbocycles. The molecule has 1 aliphatic rings. The molecule has 4 nitrogen and oxygen atoms in total. The van der Waals surface area contributed by atoms with E-state index in [1.54, 1.807) is 12.1 Å². The molecule has 0 saturated heterocycles. The molecule has 140 valence electrons. The summed E-state index contributed by atoms with van der Waals surface area (Å²) in [6, 6.07) is 13.8. The SMILES string of the molecule is Cc1cccc(O[C@@H]2CCC[C@H](NCCOc3ccc(F)cc3)[C@H]2O)c1. The van der Waals surface area contributed by atoms with Gasteiger partial charge in [0, 0.05) is 12.6 Å². The molecule has 26 heavy (non-hydrogen) atoms. The first-order valence-electron chi connectivity index (χ1n) is 9.15. The first kappa shape index (κ1) is 18.7. The normalized spacial score (nSPS) is 22.8.